The summed E-state index contributed by atoms with van der Waals surface area (Å²) in [6, 6.07) is 13.0. The molecule has 0 aliphatic rings. The molecular formula is C23H24O5S. The first-order valence-corrected chi connectivity index (χ1v) is 10.5. The number of hydrogen-bond acceptors (Lipinski definition) is 6. The molecule has 152 valence electrons. The fourth-order valence-electron chi connectivity index (χ4n) is 3.09. The maximum absolute atomic E-state index is 12.2. The SMILES string of the molecule is CCCc1c(OCCCOC(=O)c2cc3ccccc3s2)ccc(C(C)=O)c1O. The standard InChI is InChI=1S/C23H24O5S/c1-3-7-18-19(11-10-17(15(2)24)22(18)25)27-12-6-13-28-23(26)21-14-16-8-4-5-9-20(16)29-21/h4-5,8-11,14,25H,3,6-7,12-13H2,1-2H3. The second-order valence-corrected chi connectivity index (χ2v) is 7.81. The first-order valence-electron chi connectivity index (χ1n) is 9.65. The van der Waals surface area contributed by atoms with Crippen molar-refractivity contribution >= 4 is 33.2 Å². The average molecular weight is 413 g/mol. The lowest BCUT2D eigenvalue weighted by Crippen LogP contribution is -2.09. The largest absolute Gasteiger partial charge is 0.507 e. The van der Waals surface area contributed by atoms with Crippen LogP contribution < -0.4 is 4.74 Å². The molecule has 29 heavy (non-hydrogen) atoms. The van der Waals surface area contributed by atoms with Crippen LogP contribution >= 0.6 is 11.3 Å². The molecule has 0 spiro atoms. The van der Waals surface area contributed by atoms with Crippen molar-refractivity contribution in [3.05, 3.63) is 58.5 Å². The Morgan fingerprint density at radius 1 is 1.10 bits per heavy atom. The number of Topliss-reactive ketones (excluding diaryl/α,β-unsaturated/α-hetero) is 1. The molecule has 0 fully saturated rings. The number of aromatic hydroxyl groups is 1. The fraction of sp³-hybridized carbons (Fsp3) is 0.304. The number of esters is 1. The van der Waals surface area contributed by atoms with E-state index in [2.05, 4.69) is 0 Å². The van der Waals surface area contributed by atoms with Gasteiger partial charge in [0.05, 0.1) is 18.8 Å². The summed E-state index contributed by atoms with van der Waals surface area (Å²) >= 11 is 1.42. The molecule has 1 aromatic heterocycles. The number of carbonyl (C=O) groups excluding carboxylic acids is 2. The lowest BCUT2D eigenvalue weighted by Gasteiger charge is -2.14. The van der Waals surface area contributed by atoms with Crippen LogP contribution in [0.15, 0.2) is 42.5 Å². The molecule has 0 saturated carbocycles. The minimum atomic E-state index is -0.332. The lowest BCUT2D eigenvalue weighted by molar-refractivity contribution is 0.0491. The first-order chi connectivity index (χ1) is 14.0. The van der Waals surface area contributed by atoms with Gasteiger partial charge in [0, 0.05) is 16.7 Å². The van der Waals surface area contributed by atoms with Crippen molar-refractivity contribution in [2.75, 3.05) is 13.2 Å². The van der Waals surface area contributed by atoms with Gasteiger partial charge in [0.25, 0.3) is 0 Å². The lowest BCUT2D eigenvalue weighted by atomic mass is 10.0. The molecular weight excluding hydrogens is 388 g/mol. The van der Waals surface area contributed by atoms with Crippen molar-refractivity contribution in [1.82, 2.24) is 0 Å². The minimum absolute atomic E-state index is 0.00645. The molecule has 0 amide bonds. The number of ether oxygens (including phenoxy) is 2. The molecule has 6 heteroatoms. The van der Waals surface area contributed by atoms with E-state index in [4.69, 9.17) is 9.47 Å². The summed E-state index contributed by atoms with van der Waals surface area (Å²) in [6.07, 6.45) is 1.96. The Balaban J connectivity index is 1.53. The van der Waals surface area contributed by atoms with Crippen LogP contribution in [0, 0.1) is 0 Å². The van der Waals surface area contributed by atoms with Crippen molar-refractivity contribution in [3.8, 4) is 11.5 Å². The molecule has 5 nitrogen and oxygen atoms in total. The van der Waals surface area contributed by atoms with Crippen molar-refractivity contribution in [1.29, 1.82) is 0 Å². The third-order valence-electron chi connectivity index (χ3n) is 4.53. The number of phenolic OH excluding ortho intramolecular Hbond substituents is 1. The monoisotopic (exact) mass is 412 g/mol. The first kappa shape index (κ1) is 20.9. The number of thiophene rings is 1. The van der Waals surface area contributed by atoms with Gasteiger partial charge in [-0.25, -0.2) is 4.79 Å². The second-order valence-electron chi connectivity index (χ2n) is 6.73. The summed E-state index contributed by atoms with van der Waals surface area (Å²) < 4.78 is 12.2. The van der Waals surface area contributed by atoms with Crippen molar-refractivity contribution in [3.63, 3.8) is 0 Å². The van der Waals surface area contributed by atoms with Gasteiger partial charge in [0.2, 0.25) is 0 Å². The smallest absolute Gasteiger partial charge is 0.348 e. The summed E-state index contributed by atoms with van der Waals surface area (Å²) in [5.41, 5.74) is 0.945. The Morgan fingerprint density at radius 2 is 1.90 bits per heavy atom. The molecule has 0 radical (unpaired) electrons. The zero-order chi connectivity index (χ0) is 20.8. The van der Waals surface area contributed by atoms with E-state index in [1.807, 2.05) is 37.3 Å². The highest BCUT2D eigenvalue weighted by atomic mass is 32.1. The molecule has 0 unspecified atom stereocenters. The minimum Gasteiger partial charge on any atom is -0.507 e. The molecule has 0 saturated heterocycles. The highest BCUT2D eigenvalue weighted by Gasteiger charge is 2.16. The number of fused-ring (bicyclic) bond motifs is 1. The molecule has 2 aromatic carbocycles. The third-order valence-corrected chi connectivity index (χ3v) is 5.62. The Labute approximate surface area is 173 Å². The predicted molar refractivity (Wildman–Crippen MR) is 114 cm³/mol. The number of hydrogen-bond donors (Lipinski definition) is 1. The Morgan fingerprint density at radius 3 is 2.62 bits per heavy atom. The number of benzene rings is 2. The molecule has 3 rings (SSSR count). The van der Waals surface area contributed by atoms with Crippen LogP contribution in [0.4, 0.5) is 0 Å². The van der Waals surface area contributed by atoms with Gasteiger partial charge in [-0.05, 0) is 43.0 Å². The zero-order valence-corrected chi connectivity index (χ0v) is 17.4. The maximum Gasteiger partial charge on any atom is 0.348 e. The van der Waals surface area contributed by atoms with E-state index in [0.717, 1.165) is 16.5 Å². The van der Waals surface area contributed by atoms with Gasteiger partial charge in [0.15, 0.2) is 5.78 Å². The average Bonchev–Trinajstić information content (AvgIpc) is 3.14. The van der Waals surface area contributed by atoms with Crippen LogP contribution in [0.1, 0.15) is 52.3 Å². The highest BCUT2D eigenvalue weighted by Crippen LogP contribution is 2.33. The van der Waals surface area contributed by atoms with Crippen molar-refractivity contribution < 1.29 is 24.2 Å². The molecule has 3 aromatic rings. The Bertz CT molecular complexity index is 988. The van der Waals surface area contributed by atoms with Crippen LogP contribution in [-0.4, -0.2) is 30.1 Å². The fourth-order valence-corrected chi connectivity index (χ4v) is 4.04. The molecule has 0 bridgehead atoms. The molecule has 1 N–H and O–H groups in total. The number of carbonyl (C=O) groups is 2. The van der Waals surface area contributed by atoms with Gasteiger partial charge in [-0.3, -0.25) is 4.79 Å². The normalized spacial score (nSPS) is 10.8. The Kier molecular flexibility index (Phi) is 6.88. The van der Waals surface area contributed by atoms with Crippen molar-refractivity contribution in [2.45, 2.75) is 33.1 Å². The molecule has 0 aliphatic carbocycles. The van der Waals surface area contributed by atoms with Crippen LogP contribution in [-0.2, 0) is 11.2 Å². The van der Waals surface area contributed by atoms with Crippen molar-refractivity contribution in [2.24, 2.45) is 0 Å². The van der Waals surface area contributed by atoms with E-state index >= 15 is 0 Å². The Hall–Kier alpha value is -2.86. The van der Waals surface area contributed by atoms with Gasteiger partial charge in [-0.15, -0.1) is 11.3 Å². The van der Waals surface area contributed by atoms with E-state index in [1.165, 1.54) is 18.3 Å². The van der Waals surface area contributed by atoms with Gasteiger partial charge in [0.1, 0.15) is 16.4 Å². The van der Waals surface area contributed by atoms with E-state index in [9.17, 15) is 14.7 Å². The predicted octanol–water partition coefficient (Wildman–Crippen LogP) is 5.39. The maximum atomic E-state index is 12.2. The topological polar surface area (TPSA) is 72.8 Å². The van der Waals surface area contributed by atoms with Crippen LogP contribution in [0.5, 0.6) is 11.5 Å². The summed E-state index contributed by atoms with van der Waals surface area (Å²) in [5, 5.41) is 11.4. The molecule has 0 atom stereocenters. The number of rotatable bonds is 9. The van der Waals surface area contributed by atoms with Crippen LogP contribution in [0.2, 0.25) is 0 Å². The highest BCUT2D eigenvalue weighted by molar-refractivity contribution is 7.20. The zero-order valence-electron chi connectivity index (χ0n) is 16.6. The van der Waals surface area contributed by atoms with Gasteiger partial charge < -0.3 is 14.6 Å². The van der Waals surface area contributed by atoms with Gasteiger partial charge in [-0.1, -0.05) is 31.5 Å². The van der Waals surface area contributed by atoms with Crippen LogP contribution in [0.3, 0.4) is 0 Å². The summed E-state index contributed by atoms with van der Waals surface area (Å²) in [4.78, 5) is 24.4. The molecule has 0 aliphatic heterocycles. The van der Waals surface area contributed by atoms with E-state index < -0.39 is 0 Å². The van der Waals surface area contributed by atoms with Crippen LogP contribution in [0.25, 0.3) is 10.1 Å². The summed E-state index contributed by atoms with van der Waals surface area (Å²) in [6.45, 7) is 4.01. The van der Waals surface area contributed by atoms with Gasteiger partial charge >= 0.3 is 5.97 Å². The van der Waals surface area contributed by atoms with Gasteiger partial charge in [-0.2, -0.15) is 0 Å². The quantitative estimate of drug-likeness (QED) is 0.290. The second kappa shape index (κ2) is 9.56. The summed E-state index contributed by atoms with van der Waals surface area (Å²) in [7, 11) is 0. The number of phenols is 1. The van der Waals surface area contributed by atoms with E-state index in [1.54, 1.807) is 12.1 Å². The number of ketones is 1. The summed E-state index contributed by atoms with van der Waals surface area (Å²) in [5.74, 6) is 0.0408. The van der Waals surface area contributed by atoms with E-state index in [0.29, 0.717) is 41.2 Å². The van der Waals surface area contributed by atoms with E-state index in [-0.39, 0.29) is 24.1 Å². The third kappa shape index (κ3) is 4.95. The molecule has 1 heterocycles.